The van der Waals surface area contributed by atoms with E-state index in [-0.39, 0.29) is 18.4 Å². The van der Waals surface area contributed by atoms with Crippen molar-refractivity contribution in [3.05, 3.63) is 65.2 Å². The molecule has 1 atom stereocenters. The average Bonchev–Trinajstić information content (AvgIpc) is 3.09. The minimum Gasteiger partial charge on any atom is -0.354 e. The van der Waals surface area contributed by atoms with Crippen molar-refractivity contribution in [1.82, 2.24) is 25.5 Å². The molecule has 3 rings (SSSR count). The Morgan fingerprint density at radius 3 is 2.64 bits per heavy atom. The number of tetrazole rings is 1. The second kappa shape index (κ2) is 7.90. The van der Waals surface area contributed by atoms with Gasteiger partial charge in [0, 0.05) is 12.1 Å². The molecule has 3 aromatic rings. The van der Waals surface area contributed by atoms with E-state index in [1.54, 1.807) is 6.07 Å². The molecule has 128 valence electrons. The van der Waals surface area contributed by atoms with Crippen molar-refractivity contribution in [3.8, 4) is 11.4 Å². The normalized spacial score (nSPS) is 11.9. The summed E-state index contributed by atoms with van der Waals surface area (Å²) in [5, 5.41) is 15.5. The van der Waals surface area contributed by atoms with Crippen molar-refractivity contribution in [2.75, 3.05) is 6.54 Å². The Hall–Kier alpha value is -2.73. The van der Waals surface area contributed by atoms with Crippen LogP contribution in [0.1, 0.15) is 18.4 Å². The Morgan fingerprint density at radius 1 is 1.16 bits per heavy atom. The Bertz CT molecular complexity index is 849. The van der Waals surface area contributed by atoms with Crippen LogP contribution in [0.2, 0.25) is 5.02 Å². The molecule has 1 aromatic heterocycles. The number of hydrogen-bond acceptors (Lipinski definition) is 4. The zero-order chi connectivity index (χ0) is 17.6. The third-order valence-corrected chi connectivity index (χ3v) is 4.16. The van der Waals surface area contributed by atoms with Gasteiger partial charge in [-0.25, -0.2) is 0 Å². The van der Waals surface area contributed by atoms with E-state index >= 15 is 0 Å². The molecule has 25 heavy (non-hydrogen) atoms. The number of nitrogens with zero attached hydrogens (tertiary/aromatic N) is 4. The Kier molecular flexibility index (Phi) is 5.40. The lowest BCUT2D eigenvalue weighted by Gasteiger charge is -2.12. The molecule has 0 radical (unpaired) electrons. The molecule has 0 fully saturated rings. The molecule has 0 unspecified atom stereocenters. The maximum Gasteiger partial charge on any atom is 0.243 e. The number of nitrogens with one attached hydrogen (secondary N) is 1. The quantitative estimate of drug-likeness (QED) is 0.738. The smallest absolute Gasteiger partial charge is 0.243 e. The summed E-state index contributed by atoms with van der Waals surface area (Å²) in [6.45, 7) is 2.63. The number of carbonyl (C=O) groups is 1. The van der Waals surface area contributed by atoms with Gasteiger partial charge in [-0.2, -0.15) is 4.80 Å². The van der Waals surface area contributed by atoms with Crippen molar-refractivity contribution >= 4 is 17.5 Å². The van der Waals surface area contributed by atoms with E-state index in [1.807, 2.05) is 48.5 Å². The van der Waals surface area contributed by atoms with Gasteiger partial charge in [0.2, 0.25) is 11.7 Å². The SMILES string of the molecule is C[C@H](CNC(=O)Cn1nnc(-c2ccccc2Cl)n1)c1ccccc1. The topological polar surface area (TPSA) is 72.7 Å². The summed E-state index contributed by atoms with van der Waals surface area (Å²) >= 11 is 6.12. The molecule has 1 amide bonds. The first-order valence-electron chi connectivity index (χ1n) is 7.98. The first-order chi connectivity index (χ1) is 12.1. The highest BCUT2D eigenvalue weighted by Gasteiger charge is 2.12. The summed E-state index contributed by atoms with van der Waals surface area (Å²) in [6.07, 6.45) is 0. The van der Waals surface area contributed by atoms with Gasteiger partial charge < -0.3 is 5.32 Å². The fourth-order valence-electron chi connectivity index (χ4n) is 2.41. The van der Waals surface area contributed by atoms with Crippen LogP contribution in [0, 0.1) is 0 Å². The number of amides is 1. The largest absolute Gasteiger partial charge is 0.354 e. The van der Waals surface area contributed by atoms with Crippen LogP contribution in [0.3, 0.4) is 0 Å². The first kappa shape index (κ1) is 17.1. The van der Waals surface area contributed by atoms with Crippen LogP contribution < -0.4 is 5.32 Å². The minimum absolute atomic E-state index is 0.0129. The van der Waals surface area contributed by atoms with Gasteiger partial charge in [0.25, 0.3) is 0 Å². The van der Waals surface area contributed by atoms with Gasteiger partial charge >= 0.3 is 0 Å². The summed E-state index contributed by atoms with van der Waals surface area (Å²) in [4.78, 5) is 13.4. The molecular weight excluding hydrogens is 338 g/mol. The van der Waals surface area contributed by atoms with E-state index < -0.39 is 0 Å². The number of hydrogen-bond donors (Lipinski definition) is 1. The second-order valence-electron chi connectivity index (χ2n) is 5.74. The van der Waals surface area contributed by atoms with Crippen molar-refractivity contribution in [2.45, 2.75) is 19.4 Å². The molecule has 0 aliphatic rings. The molecule has 0 spiro atoms. The molecule has 6 nitrogen and oxygen atoms in total. The fraction of sp³-hybridized carbons (Fsp3) is 0.222. The molecular formula is C18H18ClN5O. The van der Waals surface area contributed by atoms with E-state index in [0.717, 1.165) is 0 Å². The van der Waals surface area contributed by atoms with Crippen molar-refractivity contribution in [1.29, 1.82) is 0 Å². The number of rotatable bonds is 6. The predicted molar refractivity (Wildman–Crippen MR) is 96.1 cm³/mol. The van der Waals surface area contributed by atoms with Gasteiger partial charge in [-0.3, -0.25) is 4.79 Å². The number of aromatic nitrogens is 4. The van der Waals surface area contributed by atoms with E-state index in [1.165, 1.54) is 10.4 Å². The first-order valence-corrected chi connectivity index (χ1v) is 8.35. The third kappa shape index (κ3) is 4.42. The van der Waals surface area contributed by atoms with Crippen molar-refractivity contribution < 1.29 is 4.79 Å². The van der Waals surface area contributed by atoms with Crippen LogP contribution in [0.5, 0.6) is 0 Å². The van der Waals surface area contributed by atoms with Crippen LogP contribution >= 0.6 is 11.6 Å². The van der Waals surface area contributed by atoms with E-state index in [4.69, 9.17) is 11.6 Å². The predicted octanol–water partition coefficient (Wildman–Crippen LogP) is 2.91. The maximum atomic E-state index is 12.1. The number of halogens is 1. The molecule has 0 saturated heterocycles. The van der Waals surface area contributed by atoms with Crippen LogP contribution in [-0.4, -0.2) is 32.7 Å². The maximum absolute atomic E-state index is 12.1. The monoisotopic (exact) mass is 355 g/mol. The molecule has 1 heterocycles. The lowest BCUT2D eigenvalue weighted by Crippen LogP contribution is -2.31. The fourth-order valence-corrected chi connectivity index (χ4v) is 2.63. The van der Waals surface area contributed by atoms with Gasteiger partial charge in [-0.1, -0.05) is 61.0 Å². The number of benzene rings is 2. The molecule has 7 heteroatoms. The van der Waals surface area contributed by atoms with E-state index in [9.17, 15) is 4.79 Å². The highest BCUT2D eigenvalue weighted by Crippen LogP contribution is 2.23. The summed E-state index contributed by atoms with van der Waals surface area (Å²) < 4.78 is 0. The summed E-state index contributed by atoms with van der Waals surface area (Å²) in [6, 6.07) is 17.3. The van der Waals surface area contributed by atoms with Crippen molar-refractivity contribution in [3.63, 3.8) is 0 Å². The summed E-state index contributed by atoms with van der Waals surface area (Å²) in [5.74, 6) is 0.467. The molecule has 0 saturated carbocycles. The van der Waals surface area contributed by atoms with Crippen LogP contribution in [0.4, 0.5) is 0 Å². The zero-order valence-electron chi connectivity index (χ0n) is 13.8. The van der Waals surface area contributed by atoms with E-state index in [0.29, 0.717) is 23.0 Å². The van der Waals surface area contributed by atoms with Gasteiger partial charge in [0.1, 0.15) is 6.54 Å². The molecule has 1 N–H and O–H groups in total. The van der Waals surface area contributed by atoms with Gasteiger partial charge in [0.05, 0.1) is 5.02 Å². The zero-order valence-corrected chi connectivity index (χ0v) is 14.5. The Labute approximate surface area is 150 Å². The van der Waals surface area contributed by atoms with Gasteiger partial charge in [-0.05, 0) is 28.8 Å². The van der Waals surface area contributed by atoms with Gasteiger partial charge in [-0.15, -0.1) is 10.2 Å². The Balaban J connectivity index is 1.56. The average molecular weight is 356 g/mol. The lowest BCUT2D eigenvalue weighted by atomic mass is 10.0. The second-order valence-corrected chi connectivity index (χ2v) is 6.15. The minimum atomic E-state index is -0.161. The van der Waals surface area contributed by atoms with Crippen LogP contribution in [0.15, 0.2) is 54.6 Å². The molecule has 0 bridgehead atoms. The lowest BCUT2D eigenvalue weighted by molar-refractivity contribution is -0.122. The highest BCUT2D eigenvalue weighted by atomic mass is 35.5. The van der Waals surface area contributed by atoms with Crippen molar-refractivity contribution in [2.24, 2.45) is 0 Å². The standard InChI is InChI=1S/C18H18ClN5O/c1-13(14-7-3-2-4-8-14)11-20-17(25)12-24-22-18(21-23-24)15-9-5-6-10-16(15)19/h2-10,13H,11-12H2,1H3,(H,20,25)/t13-/m1/s1. The highest BCUT2D eigenvalue weighted by molar-refractivity contribution is 6.33. The molecule has 0 aliphatic heterocycles. The van der Waals surface area contributed by atoms with Crippen LogP contribution in [-0.2, 0) is 11.3 Å². The third-order valence-electron chi connectivity index (χ3n) is 3.83. The molecule has 0 aliphatic carbocycles. The summed E-state index contributed by atoms with van der Waals surface area (Å²) in [7, 11) is 0. The number of carbonyl (C=O) groups excluding carboxylic acids is 1. The molecule has 2 aromatic carbocycles. The van der Waals surface area contributed by atoms with Crippen LogP contribution in [0.25, 0.3) is 11.4 Å². The van der Waals surface area contributed by atoms with Gasteiger partial charge in [0.15, 0.2) is 0 Å². The summed E-state index contributed by atoms with van der Waals surface area (Å²) in [5.41, 5.74) is 1.87. The van der Waals surface area contributed by atoms with E-state index in [2.05, 4.69) is 27.7 Å². The Morgan fingerprint density at radius 2 is 1.88 bits per heavy atom.